The molecule has 2 rings (SSSR count). The molecule has 0 radical (unpaired) electrons. The quantitative estimate of drug-likeness (QED) is 0.835. The predicted molar refractivity (Wildman–Crippen MR) is 74.1 cm³/mol. The summed E-state index contributed by atoms with van der Waals surface area (Å²) < 4.78 is 0. The molecule has 1 saturated heterocycles. The molecule has 2 atom stereocenters. The number of carbonyl (C=O) groups excluding carboxylic acids is 1. The lowest BCUT2D eigenvalue weighted by Crippen LogP contribution is -2.46. The average Bonchev–Trinajstić information content (AvgIpc) is 2.85. The zero-order valence-corrected chi connectivity index (χ0v) is 12.0. The molecular weight excluding hydrogens is 224 g/mol. The Hall–Kier alpha value is -0.570. The molecule has 1 heterocycles. The molecule has 0 aromatic rings. The molecule has 2 fully saturated rings. The third kappa shape index (κ3) is 2.29. The number of nitrogens with two attached hydrogens (primary N) is 1. The highest BCUT2D eigenvalue weighted by Crippen LogP contribution is 2.38. The molecule has 2 N–H and O–H groups in total. The van der Waals surface area contributed by atoms with E-state index in [9.17, 15) is 4.79 Å². The molecular formula is C15H28N2O. The Bertz CT molecular complexity index is 277. The van der Waals surface area contributed by atoms with Crippen LogP contribution in [0, 0.1) is 17.3 Å². The fourth-order valence-corrected chi connectivity index (χ4v) is 3.84. The number of rotatable bonds is 4. The van der Waals surface area contributed by atoms with E-state index in [-0.39, 0.29) is 5.41 Å². The van der Waals surface area contributed by atoms with E-state index < -0.39 is 0 Å². The smallest absolute Gasteiger partial charge is 0.230 e. The SMILES string of the molecule is CCC(CC)(CN)C(=O)N1C[C@H]2CCCC[C@@H]2C1. The zero-order chi connectivity index (χ0) is 13.2. The largest absolute Gasteiger partial charge is 0.342 e. The molecule has 0 unspecified atom stereocenters. The van der Waals surface area contributed by atoms with E-state index in [4.69, 9.17) is 5.73 Å². The number of fused-ring (bicyclic) bond motifs is 1. The van der Waals surface area contributed by atoms with Gasteiger partial charge in [0.05, 0.1) is 5.41 Å². The van der Waals surface area contributed by atoms with Crippen LogP contribution < -0.4 is 5.73 Å². The van der Waals surface area contributed by atoms with Crippen molar-refractivity contribution in [2.75, 3.05) is 19.6 Å². The minimum absolute atomic E-state index is 0.298. The second-order valence-electron chi connectivity index (χ2n) is 6.21. The van der Waals surface area contributed by atoms with Gasteiger partial charge in [0, 0.05) is 19.6 Å². The van der Waals surface area contributed by atoms with Crippen LogP contribution in [0.5, 0.6) is 0 Å². The lowest BCUT2D eigenvalue weighted by atomic mass is 9.81. The molecule has 2 aliphatic rings. The molecule has 1 saturated carbocycles. The van der Waals surface area contributed by atoms with Crippen molar-refractivity contribution < 1.29 is 4.79 Å². The molecule has 3 nitrogen and oxygen atoms in total. The van der Waals surface area contributed by atoms with Crippen molar-refractivity contribution in [2.24, 2.45) is 23.0 Å². The van der Waals surface area contributed by atoms with Crippen LogP contribution in [-0.4, -0.2) is 30.4 Å². The number of hydrogen-bond acceptors (Lipinski definition) is 2. The molecule has 0 aromatic carbocycles. The first-order chi connectivity index (χ1) is 8.66. The fraction of sp³-hybridized carbons (Fsp3) is 0.933. The third-order valence-electron chi connectivity index (χ3n) is 5.46. The van der Waals surface area contributed by atoms with Gasteiger partial charge in [0.2, 0.25) is 5.91 Å². The van der Waals surface area contributed by atoms with E-state index >= 15 is 0 Å². The second kappa shape index (κ2) is 5.60. The highest BCUT2D eigenvalue weighted by atomic mass is 16.2. The normalized spacial score (nSPS) is 28.3. The molecule has 3 heteroatoms. The first-order valence-electron chi connectivity index (χ1n) is 7.66. The summed E-state index contributed by atoms with van der Waals surface area (Å²) in [5, 5.41) is 0. The molecule has 18 heavy (non-hydrogen) atoms. The standard InChI is InChI=1S/C15H28N2O/c1-3-15(4-2,11-16)14(18)17-9-12-7-5-6-8-13(12)10-17/h12-13H,3-11,16H2,1-2H3/t12-,13-/m1/s1. The van der Waals surface area contributed by atoms with Gasteiger partial charge in [-0.1, -0.05) is 26.7 Å². The van der Waals surface area contributed by atoms with Gasteiger partial charge >= 0.3 is 0 Å². The van der Waals surface area contributed by atoms with Gasteiger partial charge in [-0.3, -0.25) is 4.79 Å². The fourth-order valence-electron chi connectivity index (χ4n) is 3.84. The first-order valence-corrected chi connectivity index (χ1v) is 7.66. The molecule has 1 aliphatic carbocycles. The molecule has 0 bridgehead atoms. The summed E-state index contributed by atoms with van der Waals surface area (Å²) in [6, 6.07) is 0. The molecule has 1 amide bonds. The first kappa shape index (κ1) is 13.9. The summed E-state index contributed by atoms with van der Waals surface area (Å²) in [5.41, 5.74) is 5.60. The highest BCUT2D eigenvalue weighted by molar-refractivity contribution is 5.83. The van der Waals surface area contributed by atoms with Gasteiger partial charge in [-0.15, -0.1) is 0 Å². The minimum Gasteiger partial charge on any atom is -0.342 e. The Balaban J connectivity index is 2.05. The van der Waals surface area contributed by atoms with Crippen LogP contribution in [0.3, 0.4) is 0 Å². The Morgan fingerprint density at radius 1 is 1.17 bits per heavy atom. The number of hydrogen-bond donors (Lipinski definition) is 1. The monoisotopic (exact) mass is 252 g/mol. The van der Waals surface area contributed by atoms with Crippen molar-refractivity contribution in [1.29, 1.82) is 0 Å². The topological polar surface area (TPSA) is 46.3 Å². The number of nitrogens with zero attached hydrogens (tertiary/aromatic N) is 1. The van der Waals surface area contributed by atoms with E-state index in [0.717, 1.165) is 37.8 Å². The van der Waals surface area contributed by atoms with Crippen molar-refractivity contribution in [2.45, 2.75) is 52.4 Å². The van der Waals surface area contributed by atoms with Crippen LogP contribution in [0.1, 0.15) is 52.4 Å². The van der Waals surface area contributed by atoms with Gasteiger partial charge in [0.15, 0.2) is 0 Å². The van der Waals surface area contributed by atoms with Crippen molar-refractivity contribution >= 4 is 5.91 Å². The van der Waals surface area contributed by atoms with Crippen molar-refractivity contribution in [1.82, 2.24) is 4.90 Å². The Morgan fingerprint density at radius 2 is 1.67 bits per heavy atom. The summed E-state index contributed by atoms with van der Waals surface area (Å²) in [5.74, 6) is 1.86. The molecule has 104 valence electrons. The van der Waals surface area contributed by atoms with Crippen LogP contribution in [0.2, 0.25) is 0 Å². The number of amides is 1. The van der Waals surface area contributed by atoms with Crippen LogP contribution in [0.25, 0.3) is 0 Å². The van der Waals surface area contributed by atoms with Gasteiger partial charge in [-0.05, 0) is 37.5 Å². The molecule has 0 spiro atoms. The van der Waals surface area contributed by atoms with Gasteiger partial charge in [0.25, 0.3) is 0 Å². The number of likely N-dealkylation sites (tertiary alicyclic amines) is 1. The Morgan fingerprint density at radius 3 is 2.06 bits per heavy atom. The van der Waals surface area contributed by atoms with Crippen LogP contribution >= 0.6 is 0 Å². The van der Waals surface area contributed by atoms with Crippen LogP contribution in [0.4, 0.5) is 0 Å². The van der Waals surface area contributed by atoms with Gasteiger partial charge in [-0.2, -0.15) is 0 Å². The van der Waals surface area contributed by atoms with Crippen molar-refractivity contribution in [3.63, 3.8) is 0 Å². The zero-order valence-electron chi connectivity index (χ0n) is 12.0. The van der Waals surface area contributed by atoms with E-state index in [1.54, 1.807) is 0 Å². The van der Waals surface area contributed by atoms with E-state index in [1.165, 1.54) is 25.7 Å². The summed E-state index contributed by atoms with van der Waals surface area (Å²) in [6.45, 7) is 6.66. The van der Waals surface area contributed by atoms with Crippen molar-refractivity contribution in [3.8, 4) is 0 Å². The van der Waals surface area contributed by atoms with Crippen molar-refractivity contribution in [3.05, 3.63) is 0 Å². The van der Waals surface area contributed by atoms with Gasteiger partial charge < -0.3 is 10.6 Å². The predicted octanol–water partition coefficient (Wildman–Crippen LogP) is 2.40. The maximum absolute atomic E-state index is 12.7. The highest BCUT2D eigenvalue weighted by Gasteiger charge is 2.43. The minimum atomic E-state index is -0.298. The lowest BCUT2D eigenvalue weighted by molar-refractivity contribution is -0.141. The Kier molecular flexibility index (Phi) is 4.31. The average molecular weight is 252 g/mol. The third-order valence-corrected chi connectivity index (χ3v) is 5.46. The Labute approximate surface area is 111 Å². The van der Waals surface area contributed by atoms with E-state index in [2.05, 4.69) is 18.7 Å². The summed E-state index contributed by atoms with van der Waals surface area (Å²) in [6.07, 6.45) is 7.08. The van der Waals surface area contributed by atoms with Crippen LogP contribution in [0.15, 0.2) is 0 Å². The second-order valence-corrected chi connectivity index (χ2v) is 6.21. The maximum atomic E-state index is 12.7. The lowest BCUT2D eigenvalue weighted by Gasteiger charge is -2.33. The van der Waals surface area contributed by atoms with E-state index in [0.29, 0.717) is 12.5 Å². The van der Waals surface area contributed by atoms with Gasteiger partial charge in [0.1, 0.15) is 0 Å². The summed E-state index contributed by atoms with van der Waals surface area (Å²) in [4.78, 5) is 14.9. The van der Waals surface area contributed by atoms with Crippen LogP contribution in [-0.2, 0) is 4.79 Å². The number of carbonyl (C=O) groups is 1. The van der Waals surface area contributed by atoms with E-state index in [1.807, 2.05) is 0 Å². The maximum Gasteiger partial charge on any atom is 0.230 e. The molecule has 0 aromatic heterocycles. The summed E-state index contributed by atoms with van der Waals surface area (Å²) in [7, 11) is 0. The molecule has 1 aliphatic heterocycles. The summed E-state index contributed by atoms with van der Waals surface area (Å²) >= 11 is 0. The van der Waals surface area contributed by atoms with Gasteiger partial charge in [-0.25, -0.2) is 0 Å².